The Morgan fingerprint density at radius 3 is 2.96 bits per heavy atom. The fraction of sp³-hybridized carbons (Fsp3) is 0.368. The van der Waals surface area contributed by atoms with E-state index in [1.54, 1.807) is 12.3 Å². The Morgan fingerprint density at radius 2 is 2.09 bits per heavy atom. The van der Waals surface area contributed by atoms with Crippen molar-refractivity contribution in [1.29, 1.82) is 0 Å². The van der Waals surface area contributed by atoms with Crippen LogP contribution in [0.15, 0.2) is 60.5 Å². The van der Waals surface area contributed by atoms with Gasteiger partial charge in [0.2, 0.25) is 0 Å². The van der Waals surface area contributed by atoms with Crippen LogP contribution in [0.25, 0.3) is 0 Å². The predicted molar refractivity (Wildman–Crippen MR) is 87.7 cm³/mol. The molecule has 1 aromatic heterocycles. The Morgan fingerprint density at radius 1 is 1.17 bits per heavy atom. The Hall–Kier alpha value is -2.36. The Kier molecular flexibility index (Phi) is 3.74. The summed E-state index contributed by atoms with van der Waals surface area (Å²) in [5.41, 5.74) is 0.503. The highest BCUT2D eigenvalue weighted by molar-refractivity contribution is 5.93. The molecule has 0 radical (unpaired) electrons. The van der Waals surface area contributed by atoms with Crippen molar-refractivity contribution < 1.29 is 9.53 Å². The number of rotatable bonds is 1. The monoisotopic (exact) mass is 308 g/mol. The van der Waals surface area contributed by atoms with Crippen molar-refractivity contribution >= 4 is 5.91 Å². The van der Waals surface area contributed by atoms with Gasteiger partial charge in [-0.25, -0.2) is 0 Å². The molecule has 2 aliphatic carbocycles. The van der Waals surface area contributed by atoms with Crippen LogP contribution in [0.2, 0.25) is 0 Å². The smallest absolute Gasteiger partial charge is 0.273 e. The second kappa shape index (κ2) is 6.03. The molecular formula is C19H20N2O2. The van der Waals surface area contributed by atoms with E-state index in [9.17, 15) is 4.79 Å². The summed E-state index contributed by atoms with van der Waals surface area (Å²) in [6.45, 7) is 0. The minimum atomic E-state index is -0.140. The largest absolute Gasteiger partial charge is 0.490 e. The maximum Gasteiger partial charge on any atom is 0.273 e. The molecule has 118 valence electrons. The van der Waals surface area contributed by atoms with Crippen molar-refractivity contribution in [2.75, 3.05) is 0 Å². The molecule has 23 heavy (non-hydrogen) atoms. The van der Waals surface area contributed by atoms with Crippen molar-refractivity contribution in [3.63, 3.8) is 0 Å². The molecule has 0 N–H and O–H groups in total. The van der Waals surface area contributed by atoms with Crippen LogP contribution >= 0.6 is 0 Å². The highest BCUT2D eigenvalue weighted by Crippen LogP contribution is 2.37. The lowest BCUT2D eigenvalue weighted by atomic mass is 9.87. The van der Waals surface area contributed by atoms with Crippen molar-refractivity contribution in [2.45, 2.75) is 43.9 Å². The van der Waals surface area contributed by atoms with Crippen LogP contribution in [-0.4, -0.2) is 34.0 Å². The third-order valence-electron chi connectivity index (χ3n) is 4.80. The number of amides is 1. The number of nitrogens with zero attached hydrogens (tertiary/aromatic N) is 2. The van der Waals surface area contributed by atoms with Crippen LogP contribution in [0.3, 0.4) is 0 Å². The van der Waals surface area contributed by atoms with Gasteiger partial charge in [-0.2, -0.15) is 0 Å². The first-order valence-electron chi connectivity index (χ1n) is 8.30. The number of ether oxygens (including phenoxy) is 1. The van der Waals surface area contributed by atoms with E-state index in [-0.39, 0.29) is 24.1 Å². The summed E-state index contributed by atoms with van der Waals surface area (Å²) in [6, 6.07) is 5.47. The van der Waals surface area contributed by atoms with E-state index in [1.165, 1.54) is 0 Å². The molecule has 4 rings (SSSR count). The molecule has 3 atom stereocenters. The zero-order valence-corrected chi connectivity index (χ0v) is 13.0. The van der Waals surface area contributed by atoms with E-state index >= 15 is 0 Å². The molecule has 0 bridgehead atoms. The van der Waals surface area contributed by atoms with Gasteiger partial charge in [-0.1, -0.05) is 36.8 Å². The van der Waals surface area contributed by atoms with E-state index in [0.717, 1.165) is 31.4 Å². The molecule has 4 nitrogen and oxygen atoms in total. The van der Waals surface area contributed by atoms with Crippen LogP contribution in [0, 0.1) is 0 Å². The molecule has 0 spiro atoms. The molecule has 4 heteroatoms. The molecule has 1 saturated heterocycles. The van der Waals surface area contributed by atoms with Crippen LogP contribution in [0.5, 0.6) is 0 Å². The third kappa shape index (κ3) is 2.58. The topological polar surface area (TPSA) is 42.4 Å². The zero-order valence-electron chi connectivity index (χ0n) is 13.0. The molecule has 1 saturated carbocycles. The quantitative estimate of drug-likeness (QED) is 0.800. The van der Waals surface area contributed by atoms with Crippen LogP contribution < -0.4 is 0 Å². The van der Waals surface area contributed by atoms with Gasteiger partial charge in [0.1, 0.15) is 23.6 Å². The molecule has 2 heterocycles. The Labute approximate surface area is 136 Å². The first-order valence-corrected chi connectivity index (χ1v) is 8.30. The van der Waals surface area contributed by atoms with Gasteiger partial charge in [0, 0.05) is 6.20 Å². The van der Waals surface area contributed by atoms with Crippen molar-refractivity contribution in [2.24, 2.45) is 0 Å². The number of fused-ring (bicyclic) bond motifs is 2. The molecule has 1 aliphatic heterocycles. The number of aromatic nitrogens is 1. The lowest BCUT2D eigenvalue weighted by Crippen LogP contribution is -2.58. The van der Waals surface area contributed by atoms with Crippen LogP contribution in [-0.2, 0) is 4.74 Å². The molecular weight excluding hydrogens is 288 g/mol. The lowest BCUT2D eigenvalue weighted by Gasteiger charge is -2.48. The van der Waals surface area contributed by atoms with Crippen molar-refractivity contribution in [1.82, 2.24) is 9.88 Å². The van der Waals surface area contributed by atoms with E-state index in [1.807, 2.05) is 47.4 Å². The van der Waals surface area contributed by atoms with Crippen molar-refractivity contribution in [3.8, 4) is 0 Å². The van der Waals surface area contributed by atoms with Gasteiger partial charge in [0.05, 0.1) is 6.04 Å². The Bertz CT molecular complexity index is 678. The number of pyridine rings is 1. The summed E-state index contributed by atoms with van der Waals surface area (Å²) < 4.78 is 6.23. The van der Waals surface area contributed by atoms with Gasteiger partial charge in [0.25, 0.3) is 5.91 Å². The minimum Gasteiger partial charge on any atom is -0.490 e. The lowest BCUT2D eigenvalue weighted by molar-refractivity contribution is -0.0530. The first-order chi connectivity index (χ1) is 11.3. The highest BCUT2D eigenvalue weighted by atomic mass is 16.5. The number of carbonyl (C=O) groups excluding carboxylic acids is 1. The first kappa shape index (κ1) is 14.2. The summed E-state index contributed by atoms with van der Waals surface area (Å²) in [5, 5.41) is 0. The van der Waals surface area contributed by atoms with E-state index in [2.05, 4.69) is 4.98 Å². The van der Waals surface area contributed by atoms with E-state index in [0.29, 0.717) is 5.69 Å². The fourth-order valence-corrected chi connectivity index (χ4v) is 3.73. The normalized spacial score (nSPS) is 29.0. The summed E-state index contributed by atoms with van der Waals surface area (Å²) in [4.78, 5) is 19.4. The van der Waals surface area contributed by atoms with Gasteiger partial charge in [0.15, 0.2) is 0 Å². The van der Waals surface area contributed by atoms with Gasteiger partial charge in [-0.3, -0.25) is 9.78 Å². The fourth-order valence-electron chi connectivity index (χ4n) is 3.73. The second-order valence-corrected chi connectivity index (χ2v) is 6.22. The van der Waals surface area contributed by atoms with Gasteiger partial charge in [-0.15, -0.1) is 0 Å². The maximum atomic E-state index is 13.1. The van der Waals surface area contributed by atoms with Crippen molar-refractivity contribution in [3.05, 3.63) is 66.2 Å². The summed E-state index contributed by atoms with van der Waals surface area (Å²) in [7, 11) is 0. The number of hydrogen-bond donors (Lipinski definition) is 0. The number of morpholine rings is 1. The zero-order chi connectivity index (χ0) is 15.6. The predicted octanol–water partition coefficient (Wildman–Crippen LogP) is 3.24. The number of carbonyl (C=O) groups is 1. The number of hydrogen-bond acceptors (Lipinski definition) is 3. The molecule has 1 aromatic rings. The third-order valence-corrected chi connectivity index (χ3v) is 4.80. The van der Waals surface area contributed by atoms with E-state index < -0.39 is 0 Å². The summed E-state index contributed by atoms with van der Waals surface area (Å²) in [5.74, 6) is 0.857. The maximum absolute atomic E-state index is 13.1. The molecule has 3 aliphatic rings. The standard InChI is InChI=1S/C19H20N2O2/c22-19(14-8-6-7-13-20-14)21-15-9-2-1-3-11-17(15)23-18-12-5-4-10-16(18)21/h1-3,6-9,11,13,15-16,18H,4-5,10,12H2/t15-,16+,18+/m0/s1. The highest BCUT2D eigenvalue weighted by Gasteiger charge is 2.44. The van der Waals surface area contributed by atoms with Gasteiger partial charge in [-0.05, 0) is 37.5 Å². The molecule has 0 aromatic carbocycles. The number of allylic oxidation sites excluding steroid dienone is 4. The average molecular weight is 308 g/mol. The summed E-state index contributed by atoms with van der Waals surface area (Å²) in [6.07, 6.45) is 16.0. The van der Waals surface area contributed by atoms with E-state index in [4.69, 9.17) is 4.74 Å². The van der Waals surface area contributed by atoms with Crippen LogP contribution in [0.1, 0.15) is 36.2 Å². The average Bonchev–Trinajstić information content (AvgIpc) is 2.85. The molecule has 1 amide bonds. The van der Waals surface area contributed by atoms with Gasteiger partial charge < -0.3 is 9.64 Å². The van der Waals surface area contributed by atoms with Crippen LogP contribution in [0.4, 0.5) is 0 Å². The molecule has 2 fully saturated rings. The molecule has 0 unspecified atom stereocenters. The second-order valence-electron chi connectivity index (χ2n) is 6.22. The SMILES string of the molecule is O=C(c1ccccn1)N1[C@@H]2CCCC[C@H]2OC2=CC=CC=C[C@@H]21. The van der Waals surface area contributed by atoms with Gasteiger partial charge >= 0.3 is 0 Å². The Balaban J connectivity index is 1.74. The summed E-state index contributed by atoms with van der Waals surface area (Å²) >= 11 is 0. The minimum absolute atomic E-state index is 0.00625.